The summed E-state index contributed by atoms with van der Waals surface area (Å²) in [5.74, 6) is 0.991. The fraction of sp³-hybridized carbons (Fsp3) is 0.371. The topological polar surface area (TPSA) is 101 Å². The van der Waals surface area contributed by atoms with E-state index in [0.29, 0.717) is 39.7 Å². The van der Waals surface area contributed by atoms with Crippen LogP contribution in [-0.2, 0) is 6.42 Å². The minimum atomic E-state index is -0.269. The molecule has 0 saturated carbocycles. The van der Waals surface area contributed by atoms with Crippen molar-refractivity contribution < 1.29 is 9.59 Å². The summed E-state index contributed by atoms with van der Waals surface area (Å²) in [6.07, 6.45) is 12.5. The Kier molecular flexibility index (Phi) is 12.1. The molecule has 1 aliphatic heterocycles. The molecule has 0 bridgehead atoms. The van der Waals surface area contributed by atoms with E-state index in [1.165, 1.54) is 6.33 Å². The van der Waals surface area contributed by atoms with Crippen molar-refractivity contribution in [2.75, 3.05) is 39.0 Å². The van der Waals surface area contributed by atoms with Gasteiger partial charge in [-0.05, 0) is 74.0 Å². The number of likely N-dealkylation sites (N-methyl/N-ethyl adjacent to an activating group) is 1. The number of aromatic nitrogens is 4. The summed E-state index contributed by atoms with van der Waals surface area (Å²) < 4.78 is 1.94. The van der Waals surface area contributed by atoms with Crippen molar-refractivity contribution in [1.29, 1.82) is 0 Å². The number of Topliss-reactive ketones (excluding diaryl/α,β-unsaturated/α-hetero) is 1. The highest BCUT2D eigenvalue weighted by molar-refractivity contribution is 7.99. The molecule has 0 atom stereocenters. The molecule has 0 unspecified atom stereocenters. The van der Waals surface area contributed by atoms with Gasteiger partial charge < -0.3 is 9.80 Å². The van der Waals surface area contributed by atoms with Crippen molar-refractivity contribution in [1.82, 2.24) is 29.3 Å². The summed E-state index contributed by atoms with van der Waals surface area (Å²) in [7, 11) is 2.07. The van der Waals surface area contributed by atoms with Gasteiger partial charge in [-0.2, -0.15) is 4.98 Å². The third-order valence-corrected chi connectivity index (χ3v) is 9.39. The van der Waals surface area contributed by atoms with Gasteiger partial charge in [-0.3, -0.25) is 19.0 Å². The van der Waals surface area contributed by atoms with Crippen LogP contribution in [0.25, 0.3) is 5.69 Å². The van der Waals surface area contributed by atoms with E-state index >= 15 is 0 Å². The van der Waals surface area contributed by atoms with E-state index in [4.69, 9.17) is 11.6 Å². The molecule has 1 amide bonds. The number of unbranched alkanes of at least 4 members (excludes halogenated alkanes) is 4. The Balaban J connectivity index is 1.20. The molecule has 1 aliphatic rings. The first-order valence-corrected chi connectivity index (χ1v) is 17.1. The molecule has 1 saturated heterocycles. The maximum absolute atomic E-state index is 13.1. The predicted octanol–water partition coefficient (Wildman–Crippen LogP) is 5.97. The molecule has 2 aromatic carbocycles. The lowest BCUT2D eigenvalue weighted by molar-refractivity contribution is 0.0664. The normalized spacial score (nSPS) is 13.6. The fourth-order valence-corrected chi connectivity index (χ4v) is 6.45. The number of benzene rings is 2. The predicted molar refractivity (Wildman–Crippen MR) is 182 cm³/mol. The molecule has 4 aromatic rings. The smallest absolute Gasteiger partial charge is 0.277 e. The highest BCUT2D eigenvalue weighted by Gasteiger charge is 2.20. The Morgan fingerprint density at radius 2 is 1.50 bits per heavy atom. The average molecular weight is 659 g/mol. The van der Waals surface area contributed by atoms with Crippen LogP contribution in [0.1, 0.15) is 70.4 Å². The van der Waals surface area contributed by atoms with E-state index in [-0.39, 0.29) is 17.2 Å². The van der Waals surface area contributed by atoms with Crippen molar-refractivity contribution >= 4 is 35.1 Å². The van der Waals surface area contributed by atoms with Gasteiger partial charge in [-0.15, -0.1) is 0 Å². The monoisotopic (exact) mass is 658 g/mol. The zero-order valence-corrected chi connectivity index (χ0v) is 27.7. The second kappa shape index (κ2) is 16.6. The third kappa shape index (κ3) is 9.34. The van der Waals surface area contributed by atoms with E-state index in [9.17, 15) is 14.4 Å². The van der Waals surface area contributed by atoms with E-state index in [2.05, 4.69) is 26.9 Å². The third-order valence-electron chi connectivity index (χ3n) is 8.10. The lowest BCUT2D eigenvalue weighted by Gasteiger charge is -2.32. The van der Waals surface area contributed by atoms with E-state index < -0.39 is 0 Å². The number of rotatable bonds is 14. The van der Waals surface area contributed by atoms with Crippen molar-refractivity contribution in [3.63, 3.8) is 0 Å². The molecule has 0 radical (unpaired) electrons. The lowest BCUT2D eigenvalue weighted by Crippen LogP contribution is -2.47. The van der Waals surface area contributed by atoms with Crippen molar-refractivity contribution in [2.45, 2.75) is 50.1 Å². The van der Waals surface area contributed by atoms with E-state index in [1.807, 2.05) is 39.9 Å². The molecular weight excluding hydrogens is 620 g/mol. The summed E-state index contributed by atoms with van der Waals surface area (Å²) in [4.78, 5) is 55.3. The van der Waals surface area contributed by atoms with Gasteiger partial charge in [-0.25, -0.2) is 9.97 Å². The number of carbonyl (C=O) groups excluding carboxylic acids is 2. The molecule has 2 aromatic heterocycles. The van der Waals surface area contributed by atoms with Gasteiger partial charge in [0.05, 0.1) is 0 Å². The Bertz CT molecular complexity index is 1660. The van der Waals surface area contributed by atoms with E-state index in [1.54, 1.807) is 48.4 Å². The fourth-order valence-electron chi connectivity index (χ4n) is 5.35. The van der Waals surface area contributed by atoms with E-state index in [0.717, 1.165) is 75.3 Å². The number of piperazine rings is 1. The second-order valence-corrected chi connectivity index (χ2v) is 13.1. The average Bonchev–Trinajstić information content (AvgIpc) is 3.08. The van der Waals surface area contributed by atoms with Crippen molar-refractivity contribution in [3.05, 3.63) is 111 Å². The Morgan fingerprint density at radius 3 is 2.22 bits per heavy atom. The van der Waals surface area contributed by atoms with Gasteiger partial charge in [0.25, 0.3) is 11.5 Å². The zero-order chi connectivity index (χ0) is 32.3. The minimum Gasteiger partial charge on any atom is -0.336 e. The molecule has 11 heteroatoms. The minimum absolute atomic E-state index is 0.0337. The number of ketones is 1. The molecule has 0 N–H and O–H groups in total. The molecule has 9 nitrogen and oxygen atoms in total. The van der Waals surface area contributed by atoms with Crippen LogP contribution in [0, 0.1) is 0 Å². The summed E-state index contributed by atoms with van der Waals surface area (Å²) in [6, 6.07) is 14.6. The summed E-state index contributed by atoms with van der Waals surface area (Å²) in [6.45, 7) is 3.17. The summed E-state index contributed by atoms with van der Waals surface area (Å²) >= 11 is 7.47. The van der Waals surface area contributed by atoms with Crippen LogP contribution >= 0.6 is 23.4 Å². The highest BCUT2D eigenvalue weighted by atomic mass is 35.5. The molecule has 240 valence electrons. The largest absolute Gasteiger partial charge is 0.336 e. The molecule has 46 heavy (non-hydrogen) atoms. The van der Waals surface area contributed by atoms with Crippen LogP contribution in [0.2, 0.25) is 5.02 Å². The van der Waals surface area contributed by atoms with Gasteiger partial charge in [0, 0.05) is 90.8 Å². The van der Waals surface area contributed by atoms with Crippen LogP contribution in [-0.4, -0.2) is 80.0 Å². The first-order valence-electron chi connectivity index (χ1n) is 15.7. The van der Waals surface area contributed by atoms with Crippen molar-refractivity contribution in [3.8, 4) is 5.69 Å². The number of nitrogens with zero attached hydrogens (tertiary/aromatic N) is 6. The molecule has 0 aliphatic carbocycles. The van der Waals surface area contributed by atoms with Crippen LogP contribution < -0.4 is 5.56 Å². The van der Waals surface area contributed by atoms with Crippen LogP contribution in [0.5, 0.6) is 0 Å². The molecule has 0 spiro atoms. The van der Waals surface area contributed by atoms with Gasteiger partial charge >= 0.3 is 0 Å². The van der Waals surface area contributed by atoms with Crippen LogP contribution in [0.15, 0.2) is 83.4 Å². The van der Waals surface area contributed by atoms with Gasteiger partial charge in [-0.1, -0.05) is 42.6 Å². The Morgan fingerprint density at radius 1 is 0.848 bits per heavy atom. The van der Waals surface area contributed by atoms with Crippen molar-refractivity contribution in [2.24, 2.45) is 0 Å². The molecule has 5 rings (SSSR count). The Hall–Kier alpha value is -3.86. The number of carbonyl (C=O) groups is 2. The first-order chi connectivity index (χ1) is 22.4. The standard InChI is InChI=1S/C35H39ClN6O3S/c1-40-16-18-41(19-17-40)34(45)28-10-14-31(15-11-28)42-24-29(21-26-22-37-25-38-23-26)33(44)39-35(42)46-20-6-4-2-3-5-7-32(43)27-8-12-30(36)13-9-27/h8-15,22-25H,2-7,16-21H2,1H3. The number of amides is 1. The maximum atomic E-state index is 13.1. The number of hydrogen-bond donors (Lipinski definition) is 0. The summed E-state index contributed by atoms with van der Waals surface area (Å²) in [5.41, 5.74) is 3.30. The second-order valence-electron chi connectivity index (χ2n) is 11.6. The highest BCUT2D eigenvalue weighted by Crippen LogP contribution is 2.23. The Labute approximate surface area is 279 Å². The van der Waals surface area contributed by atoms with Gasteiger partial charge in [0.15, 0.2) is 10.9 Å². The molecule has 3 heterocycles. The molecule has 1 fully saturated rings. The lowest BCUT2D eigenvalue weighted by atomic mass is 10.0. The van der Waals surface area contributed by atoms with Gasteiger partial charge in [0.1, 0.15) is 6.33 Å². The maximum Gasteiger partial charge on any atom is 0.277 e. The SMILES string of the molecule is CN1CCN(C(=O)c2ccc(-n3cc(Cc4cncnc4)c(=O)nc3SCCCCCCCC(=O)c3ccc(Cl)cc3)cc2)CC1. The summed E-state index contributed by atoms with van der Waals surface area (Å²) in [5, 5.41) is 1.25. The number of halogens is 1. The quantitative estimate of drug-likeness (QED) is 0.0707. The molecular formula is C35H39ClN6O3S. The number of hydrogen-bond acceptors (Lipinski definition) is 8. The van der Waals surface area contributed by atoms with Gasteiger partial charge in [0.2, 0.25) is 0 Å². The van der Waals surface area contributed by atoms with Crippen LogP contribution in [0.4, 0.5) is 0 Å². The number of thioether (sulfide) groups is 1. The zero-order valence-electron chi connectivity index (χ0n) is 26.1. The first kappa shape index (κ1) is 33.5. The van der Waals surface area contributed by atoms with Crippen LogP contribution in [0.3, 0.4) is 0 Å².